The maximum atomic E-state index is 9.93. The Bertz CT molecular complexity index is 90.6. The Morgan fingerprint density at radius 3 is 2.56 bits per heavy atom. The first kappa shape index (κ1) is 9.37. The van der Waals surface area contributed by atoms with Crippen LogP contribution in [-0.4, -0.2) is 23.6 Å². The second-order valence-electron chi connectivity index (χ2n) is 1.64. The molecule has 0 saturated heterocycles. The summed E-state index contributed by atoms with van der Waals surface area (Å²) < 4.78 is 0. The predicted octanol–water partition coefficient (Wildman–Crippen LogP) is -0.637. The monoisotopic (exact) mass is 166 g/mol. The van der Waals surface area contributed by atoms with Gasteiger partial charge in [0.25, 0.3) is 0 Å². The van der Waals surface area contributed by atoms with Crippen LogP contribution in [0.2, 0.25) is 0 Å². The minimum absolute atomic E-state index is 0.144. The Morgan fingerprint density at radius 1 is 1.67 bits per heavy atom. The molecular formula is C4H11N2OPS. The van der Waals surface area contributed by atoms with Crippen molar-refractivity contribution >= 4 is 27.5 Å². The number of rotatable bonds is 4. The lowest BCUT2D eigenvalue weighted by atomic mass is 10.8. The van der Waals surface area contributed by atoms with Crippen molar-refractivity contribution in [1.29, 1.82) is 0 Å². The van der Waals surface area contributed by atoms with Crippen molar-refractivity contribution in [2.75, 3.05) is 6.16 Å². The number of carbonyl (C=O) groups excluding carboxylic acids is 1. The highest BCUT2D eigenvalue weighted by molar-refractivity contribution is 7.81. The zero-order valence-electron chi connectivity index (χ0n) is 4.95. The first-order chi connectivity index (χ1) is 4.16. The normalized spacial score (nSPS) is 18.1. The summed E-state index contributed by atoms with van der Waals surface area (Å²) in [7, 11) is 0.395. The number of aldehydes is 1. The van der Waals surface area contributed by atoms with Gasteiger partial charge in [-0.15, -0.1) is 0 Å². The van der Waals surface area contributed by atoms with E-state index in [1.807, 2.05) is 0 Å². The third kappa shape index (κ3) is 6.25. The zero-order chi connectivity index (χ0) is 7.28. The minimum Gasteiger partial charge on any atom is -0.319 e. The van der Waals surface area contributed by atoms with Crippen molar-refractivity contribution in [2.45, 2.75) is 11.2 Å². The molecule has 0 amide bonds. The quantitative estimate of drug-likeness (QED) is 0.225. The van der Waals surface area contributed by atoms with Crippen molar-refractivity contribution in [1.82, 2.24) is 0 Å². The summed E-state index contributed by atoms with van der Waals surface area (Å²) >= 11 is 3.92. The van der Waals surface area contributed by atoms with Gasteiger partial charge in [0.2, 0.25) is 0 Å². The third-order valence-electron chi connectivity index (χ3n) is 0.709. The molecule has 0 saturated carbocycles. The lowest BCUT2D eigenvalue weighted by Gasteiger charge is -2.05. The molecule has 0 fully saturated rings. The van der Waals surface area contributed by atoms with Crippen molar-refractivity contribution < 1.29 is 4.79 Å². The standard InChI is InChI=1S/C4H11N2OPS/c5-3(1-7)8-2-4(6)9/h1,3-4,8-9H,2,5-6H2/t3-,4-/m0/s1. The van der Waals surface area contributed by atoms with E-state index in [0.29, 0.717) is 14.7 Å². The summed E-state index contributed by atoms with van der Waals surface area (Å²) in [5.74, 6) is -0.344. The highest BCUT2D eigenvalue weighted by Crippen LogP contribution is 2.13. The van der Waals surface area contributed by atoms with Gasteiger partial charge < -0.3 is 16.3 Å². The fourth-order valence-corrected chi connectivity index (χ4v) is 1.23. The zero-order valence-corrected chi connectivity index (χ0v) is 6.84. The minimum atomic E-state index is -0.344. The van der Waals surface area contributed by atoms with Crippen LogP contribution in [0.1, 0.15) is 0 Å². The summed E-state index contributed by atoms with van der Waals surface area (Å²) in [6.07, 6.45) is 1.44. The van der Waals surface area contributed by atoms with Crippen molar-refractivity contribution in [2.24, 2.45) is 11.5 Å². The maximum Gasteiger partial charge on any atom is 0.140 e. The molecular weight excluding hydrogens is 155 g/mol. The summed E-state index contributed by atoms with van der Waals surface area (Å²) in [6.45, 7) is 0. The Morgan fingerprint density at radius 2 is 2.22 bits per heavy atom. The molecule has 9 heavy (non-hydrogen) atoms. The van der Waals surface area contributed by atoms with E-state index in [4.69, 9.17) is 11.5 Å². The van der Waals surface area contributed by atoms with E-state index in [-0.39, 0.29) is 11.2 Å². The topological polar surface area (TPSA) is 69.1 Å². The molecule has 3 atom stereocenters. The lowest BCUT2D eigenvalue weighted by Crippen LogP contribution is -2.21. The van der Waals surface area contributed by atoms with Gasteiger partial charge in [-0.05, 0) is 6.16 Å². The molecule has 0 aliphatic rings. The molecule has 5 heteroatoms. The van der Waals surface area contributed by atoms with E-state index in [0.717, 1.165) is 6.29 Å². The Kier molecular flexibility index (Phi) is 5.39. The van der Waals surface area contributed by atoms with Gasteiger partial charge in [-0.3, -0.25) is 0 Å². The molecule has 0 spiro atoms. The molecule has 4 N–H and O–H groups in total. The fourth-order valence-electron chi connectivity index (χ4n) is 0.305. The van der Waals surface area contributed by atoms with E-state index in [1.165, 1.54) is 0 Å². The van der Waals surface area contributed by atoms with Gasteiger partial charge in [-0.1, -0.05) is 8.58 Å². The Balaban J connectivity index is 3.16. The van der Waals surface area contributed by atoms with Gasteiger partial charge in [0.05, 0.1) is 11.2 Å². The van der Waals surface area contributed by atoms with Crippen LogP contribution in [0.5, 0.6) is 0 Å². The van der Waals surface area contributed by atoms with Crippen LogP contribution in [0.3, 0.4) is 0 Å². The second-order valence-corrected chi connectivity index (χ2v) is 3.78. The first-order valence-corrected chi connectivity index (χ1v) is 4.35. The molecule has 54 valence electrons. The number of hydrogen-bond acceptors (Lipinski definition) is 4. The average molecular weight is 166 g/mol. The third-order valence-corrected chi connectivity index (χ3v) is 2.52. The van der Waals surface area contributed by atoms with E-state index >= 15 is 0 Å². The number of carbonyl (C=O) groups is 1. The van der Waals surface area contributed by atoms with Gasteiger partial charge in [-0.25, -0.2) is 0 Å². The van der Waals surface area contributed by atoms with Crippen LogP contribution in [0.4, 0.5) is 0 Å². The summed E-state index contributed by atoms with van der Waals surface area (Å²) in [5.41, 5.74) is 10.6. The van der Waals surface area contributed by atoms with Gasteiger partial charge in [0, 0.05) is 0 Å². The highest BCUT2D eigenvalue weighted by atomic mass is 32.1. The van der Waals surface area contributed by atoms with Crippen LogP contribution in [-0.2, 0) is 4.79 Å². The van der Waals surface area contributed by atoms with Crippen LogP contribution in [0.15, 0.2) is 0 Å². The Labute approximate surface area is 61.7 Å². The van der Waals surface area contributed by atoms with E-state index in [9.17, 15) is 4.79 Å². The fraction of sp³-hybridized carbons (Fsp3) is 0.750. The van der Waals surface area contributed by atoms with Crippen LogP contribution < -0.4 is 11.5 Å². The van der Waals surface area contributed by atoms with Crippen molar-refractivity contribution in [3.8, 4) is 0 Å². The van der Waals surface area contributed by atoms with E-state index in [1.54, 1.807) is 0 Å². The molecule has 0 aromatic heterocycles. The second kappa shape index (κ2) is 5.18. The van der Waals surface area contributed by atoms with Gasteiger partial charge in [0.1, 0.15) is 6.29 Å². The Hall–Kier alpha value is 0.370. The molecule has 0 radical (unpaired) electrons. The molecule has 3 nitrogen and oxygen atoms in total. The largest absolute Gasteiger partial charge is 0.319 e. The number of hydrogen-bond donors (Lipinski definition) is 3. The SMILES string of the molecule is N[C@H](C=O)PC[C@@H](N)S. The first-order valence-electron chi connectivity index (χ1n) is 2.54. The van der Waals surface area contributed by atoms with Crippen LogP contribution in [0.25, 0.3) is 0 Å². The van der Waals surface area contributed by atoms with Crippen LogP contribution >= 0.6 is 21.2 Å². The van der Waals surface area contributed by atoms with Gasteiger partial charge in [0.15, 0.2) is 0 Å². The van der Waals surface area contributed by atoms with Crippen LogP contribution in [0, 0.1) is 0 Å². The average Bonchev–Trinajstić information content (AvgIpc) is 1.83. The summed E-state index contributed by atoms with van der Waals surface area (Å²) in [5, 5.41) is -0.144. The predicted molar refractivity (Wildman–Crippen MR) is 44.2 cm³/mol. The molecule has 1 unspecified atom stereocenters. The maximum absolute atomic E-state index is 9.93. The molecule has 0 rings (SSSR count). The molecule has 0 aliphatic carbocycles. The number of nitrogens with two attached hydrogens (primary N) is 2. The van der Waals surface area contributed by atoms with Crippen molar-refractivity contribution in [3.05, 3.63) is 0 Å². The molecule has 0 bridgehead atoms. The van der Waals surface area contributed by atoms with E-state index < -0.39 is 0 Å². The summed E-state index contributed by atoms with van der Waals surface area (Å²) in [6, 6.07) is 0. The van der Waals surface area contributed by atoms with Gasteiger partial charge >= 0.3 is 0 Å². The number of thiol groups is 1. The summed E-state index contributed by atoms with van der Waals surface area (Å²) in [4.78, 5) is 9.93. The highest BCUT2D eigenvalue weighted by Gasteiger charge is 2.00. The lowest BCUT2D eigenvalue weighted by molar-refractivity contribution is -0.107. The molecule has 0 aliphatic heterocycles. The van der Waals surface area contributed by atoms with E-state index in [2.05, 4.69) is 12.6 Å². The van der Waals surface area contributed by atoms with Crippen molar-refractivity contribution in [3.63, 3.8) is 0 Å². The van der Waals surface area contributed by atoms with Gasteiger partial charge in [-0.2, -0.15) is 12.6 Å². The molecule has 0 aromatic carbocycles. The molecule has 0 heterocycles. The molecule has 0 aromatic rings. The smallest absolute Gasteiger partial charge is 0.140 e.